The van der Waals surface area contributed by atoms with E-state index in [1.165, 1.54) is 31.2 Å². The lowest BCUT2D eigenvalue weighted by Crippen LogP contribution is -2.39. The van der Waals surface area contributed by atoms with Crippen molar-refractivity contribution in [3.8, 4) is 0 Å². The van der Waals surface area contributed by atoms with Gasteiger partial charge >= 0.3 is 0 Å². The summed E-state index contributed by atoms with van der Waals surface area (Å²) in [6.45, 7) is 10.8. The van der Waals surface area contributed by atoms with Crippen molar-refractivity contribution in [2.75, 3.05) is 13.1 Å². The number of hydrogen-bond acceptors (Lipinski definition) is 2. The van der Waals surface area contributed by atoms with Crippen LogP contribution in [0.25, 0.3) is 0 Å². The van der Waals surface area contributed by atoms with Gasteiger partial charge in [-0.2, -0.15) is 0 Å². The topological polar surface area (TPSA) is 23.5 Å². The van der Waals surface area contributed by atoms with Crippen LogP contribution in [0.1, 0.15) is 63.7 Å². The van der Waals surface area contributed by atoms with Crippen molar-refractivity contribution >= 4 is 0 Å². The van der Waals surface area contributed by atoms with Gasteiger partial charge in [0.15, 0.2) is 0 Å². The van der Waals surface area contributed by atoms with Crippen LogP contribution in [0, 0.1) is 6.92 Å². The van der Waals surface area contributed by atoms with Gasteiger partial charge in [-0.1, -0.05) is 56.5 Å². The Morgan fingerprint density at radius 1 is 1.00 bits per heavy atom. The fraction of sp³-hybridized carbons (Fsp3) is 0.667. The number of aryl methyl sites for hydroxylation is 1. The fourth-order valence-electron chi connectivity index (χ4n) is 2.48. The van der Waals surface area contributed by atoms with E-state index in [4.69, 9.17) is 0 Å². The first-order valence-electron chi connectivity index (χ1n) is 8.08. The van der Waals surface area contributed by atoms with Crippen LogP contribution in [-0.4, -0.2) is 29.1 Å². The zero-order chi connectivity index (χ0) is 15.0. The van der Waals surface area contributed by atoms with Crippen molar-refractivity contribution in [1.29, 1.82) is 0 Å². The Kier molecular flexibility index (Phi) is 7.86. The van der Waals surface area contributed by atoms with E-state index in [-0.39, 0.29) is 6.04 Å². The lowest BCUT2D eigenvalue weighted by atomic mass is 10.0. The minimum Gasteiger partial charge on any atom is -0.387 e. The molecule has 0 aromatic heterocycles. The smallest absolute Gasteiger partial charge is 0.0942 e. The van der Waals surface area contributed by atoms with Crippen LogP contribution < -0.4 is 0 Å². The van der Waals surface area contributed by atoms with E-state index >= 15 is 0 Å². The molecule has 2 nitrogen and oxygen atoms in total. The highest BCUT2D eigenvalue weighted by molar-refractivity contribution is 5.24. The van der Waals surface area contributed by atoms with Gasteiger partial charge in [-0.25, -0.2) is 0 Å². The van der Waals surface area contributed by atoms with E-state index in [9.17, 15) is 5.11 Å². The molecule has 1 aromatic rings. The van der Waals surface area contributed by atoms with Gasteiger partial charge in [0, 0.05) is 6.04 Å². The maximum Gasteiger partial charge on any atom is 0.0942 e. The Morgan fingerprint density at radius 3 is 1.95 bits per heavy atom. The number of aliphatic hydroxyl groups excluding tert-OH is 1. The van der Waals surface area contributed by atoms with Crippen LogP contribution in [0.3, 0.4) is 0 Å². The van der Waals surface area contributed by atoms with Crippen LogP contribution in [0.15, 0.2) is 24.3 Å². The standard InChI is InChI=1S/C18H31NO/c1-5-7-13-19(14-8-6-2)16(4)18(20)17-11-9-15(3)10-12-17/h9-12,16,18,20H,5-8,13-14H2,1-4H3. The first kappa shape index (κ1) is 17.2. The number of hydrogen-bond donors (Lipinski definition) is 1. The molecular formula is C18H31NO. The lowest BCUT2D eigenvalue weighted by Gasteiger charge is -2.32. The first-order valence-corrected chi connectivity index (χ1v) is 8.08. The van der Waals surface area contributed by atoms with Gasteiger partial charge in [-0.15, -0.1) is 0 Å². The molecule has 114 valence electrons. The molecule has 0 heterocycles. The summed E-state index contributed by atoms with van der Waals surface area (Å²) in [6.07, 6.45) is 4.42. The lowest BCUT2D eigenvalue weighted by molar-refractivity contribution is 0.0560. The zero-order valence-corrected chi connectivity index (χ0v) is 13.6. The Bertz CT molecular complexity index is 352. The summed E-state index contributed by atoms with van der Waals surface area (Å²) in [4.78, 5) is 2.44. The van der Waals surface area contributed by atoms with Crippen molar-refractivity contribution in [2.24, 2.45) is 0 Å². The third-order valence-electron chi connectivity index (χ3n) is 4.05. The summed E-state index contributed by atoms with van der Waals surface area (Å²) < 4.78 is 0. The average molecular weight is 277 g/mol. The van der Waals surface area contributed by atoms with E-state index in [1.54, 1.807) is 0 Å². The summed E-state index contributed by atoms with van der Waals surface area (Å²) in [7, 11) is 0. The van der Waals surface area contributed by atoms with Gasteiger partial charge in [-0.3, -0.25) is 4.90 Å². The number of unbranched alkanes of at least 4 members (excludes halogenated alkanes) is 2. The van der Waals surface area contributed by atoms with Crippen LogP contribution in [0.2, 0.25) is 0 Å². The first-order chi connectivity index (χ1) is 9.60. The minimum atomic E-state index is -0.399. The second-order valence-electron chi connectivity index (χ2n) is 5.84. The predicted molar refractivity (Wildman–Crippen MR) is 87.0 cm³/mol. The second-order valence-corrected chi connectivity index (χ2v) is 5.84. The molecule has 0 fully saturated rings. The van der Waals surface area contributed by atoms with Crippen molar-refractivity contribution in [3.63, 3.8) is 0 Å². The van der Waals surface area contributed by atoms with Gasteiger partial charge < -0.3 is 5.11 Å². The molecule has 0 aliphatic heterocycles. The van der Waals surface area contributed by atoms with E-state index in [1.807, 2.05) is 12.1 Å². The molecular weight excluding hydrogens is 246 g/mol. The number of aliphatic hydroxyl groups is 1. The molecule has 1 rings (SSSR count). The van der Waals surface area contributed by atoms with Gasteiger partial charge in [0.25, 0.3) is 0 Å². The zero-order valence-electron chi connectivity index (χ0n) is 13.6. The third kappa shape index (κ3) is 5.26. The number of nitrogens with zero attached hydrogens (tertiary/aromatic N) is 1. The summed E-state index contributed by atoms with van der Waals surface area (Å²) in [5.74, 6) is 0. The molecule has 0 saturated heterocycles. The fourth-order valence-corrected chi connectivity index (χ4v) is 2.48. The Balaban J connectivity index is 2.70. The van der Waals surface area contributed by atoms with Crippen LogP contribution in [0.4, 0.5) is 0 Å². The van der Waals surface area contributed by atoms with Gasteiger partial charge in [0.1, 0.15) is 0 Å². The molecule has 20 heavy (non-hydrogen) atoms. The Morgan fingerprint density at radius 2 is 1.50 bits per heavy atom. The van der Waals surface area contributed by atoms with Crippen LogP contribution >= 0.6 is 0 Å². The molecule has 1 N–H and O–H groups in total. The molecule has 0 radical (unpaired) electrons. The highest BCUT2D eigenvalue weighted by Gasteiger charge is 2.22. The molecule has 2 unspecified atom stereocenters. The summed E-state index contributed by atoms with van der Waals surface area (Å²) >= 11 is 0. The molecule has 0 bridgehead atoms. The van der Waals surface area contributed by atoms with Crippen LogP contribution in [-0.2, 0) is 0 Å². The minimum absolute atomic E-state index is 0.177. The maximum absolute atomic E-state index is 10.6. The molecule has 2 heteroatoms. The third-order valence-corrected chi connectivity index (χ3v) is 4.05. The predicted octanol–water partition coefficient (Wildman–Crippen LogP) is 4.32. The summed E-state index contributed by atoms with van der Waals surface area (Å²) in [5.41, 5.74) is 2.27. The van der Waals surface area contributed by atoms with Crippen molar-refractivity contribution in [1.82, 2.24) is 4.90 Å². The molecule has 0 aliphatic rings. The van der Waals surface area contributed by atoms with Gasteiger partial charge in [-0.05, 0) is 45.3 Å². The molecule has 1 aromatic carbocycles. The normalized spacial score (nSPS) is 14.5. The van der Waals surface area contributed by atoms with E-state index in [2.05, 4.69) is 44.7 Å². The van der Waals surface area contributed by atoms with E-state index in [0.717, 1.165) is 18.7 Å². The number of benzene rings is 1. The molecule has 0 saturated carbocycles. The van der Waals surface area contributed by atoms with Crippen molar-refractivity contribution < 1.29 is 5.11 Å². The van der Waals surface area contributed by atoms with Gasteiger partial charge in [0.2, 0.25) is 0 Å². The van der Waals surface area contributed by atoms with Crippen LogP contribution in [0.5, 0.6) is 0 Å². The van der Waals surface area contributed by atoms with E-state index in [0.29, 0.717) is 0 Å². The van der Waals surface area contributed by atoms with E-state index < -0.39 is 6.10 Å². The molecule has 0 aliphatic carbocycles. The van der Waals surface area contributed by atoms with Crippen molar-refractivity contribution in [3.05, 3.63) is 35.4 Å². The summed E-state index contributed by atoms with van der Waals surface area (Å²) in [6, 6.07) is 8.43. The largest absolute Gasteiger partial charge is 0.387 e. The van der Waals surface area contributed by atoms with Crippen molar-refractivity contribution in [2.45, 2.75) is 65.5 Å². The Hall–Kier alpha value is -0.860. The Labute approximate surface area is 124 Å². The highest BCUT2D eigenvalue weighted by Crippen LogP contribution is 2.22. The second kappa shape index (κ2) is 9.15. The molecule has 0 spiro atoms. The summed E-state index contributed by atoms with van der Waals surface area (Å²) in [5, 5.41) is 10.6. The monoisotopic (exact) mass is 277 g/mol. The highest BCUT2D eigenvalue weighted by atomic mass is 16.3. The molecule has 2 atom stereocenters. The SMILES string of the molecule is CCCCN(CCCC)C(C)C(O)c1ccc(C)cc1. The maximum atomic E-state index is 10.6. The quantitative estimate of drug-likeness (QED) is 0.726. The van der Waals surface area contributed by atoms with Gasteiger partial charge in [0.05, 0.1) is 6.10 Å². The molecule has 0 amide bonds. The average Bonchev–Trinajstić information content (AvgIpc) is 2.47. The number of rotatable bonds is 9.